The van der Waals surface area contributed by atoms with Gasteiger partial charge in [-0.15, -0.1) is 0 Å². The Bertz CT molecular complexity index is 823. The topological polar surface area (TPSA) is 49.6 Å². The first-order valence-electron chi connectivity index (χ1n) is 6.35. The second-order valence-electron chi connectivity index (χ2n) is 4.46. The van der Waals surface area contributed by atoms with Crippen LogP contribution in [0.2, 0.25) is 0 Å². The van der Waals surface area contributed by atoms with Crippen LogP contribution in [0.25, 0.3) is 22.5 Å². The SMILES string of the molecule is N#Cc1ccc(-c2cncc(-c3ccccc3)n2)cc1F. The monoisotopic (exact) mass is 275 g/mol. The first kappa shape index (κ1) is 12.9. The number of hydrogen-bond donors (Lipinski definition) is 0. The van der Waals surface area contributed by atoms with Crippen molar-refractivity contribution in [1.82, 2.24) is 9.97 Å². The minimum Gasteiger partial charge on any atom is -0.260 e. The zero-order valence-corrected chi connectivity index (χ0v) is 11.0. The first-order chi connectivity index (χ1) is 10.3. The van der Waals surface area contributed by atoms with Gasteiger partial charge in [0.15, 0.2) is 0 Å². The van der Waals surface area contributed by atoms with Crippen LogP contribution >= 0.6 is 0 Å². The second-order valence-corrected chi connectivity index (χ2v) is 4.46. The van der Waals surface area contributed by atoms with Crippen LogP contribution in [-0.2, 0) is 0 Å². The molecule has 0 spiro atoms. The Morgan fingerprint density at radius 1 is 0.905 bits per heavy atom. The molecule has 0 fully saturated rings. The third kappa shape index (κ3) is 2.63. The molecule has 0 unspecified atom stereocenters. The molecule has 2 aromatic carbocycles. The number of rotatable bonds is 2. The molecular formula is C17H10FN3. The van der Waals surface area contributed by atoms with Crippen molar-refractivity contribution in [2.45, 2.75) is 0 Å². The first-order valence-corrected chi connectivity index (χ1v) is 6.35. The van der Waals surface area contributed by atoms with Gasteiger partial charge in [0.25, 0.3) is 0 Å². The molecule has 1 aromatic heterocycles. The van der Waals surface area contributed by atoms with E-state index in [2.05, 4.69) is 9.97 Å². The normalized spacial score (nSPS) is 10.1. The van der Waals surface area contributed by atoms with Crippen molar-refractivity contribution in [1.29, 1.82) is 5.26 Å². The van der Waals surface area contributed by atoms with Gasteiger partial charge in [0.1, 0.15) is 11.9 Å². The number of halogens is 1. The molecular weight excluding hydrogens is 265 g/mol. The molecule has 0 atom stereocenters. The van der Waals surface area contributed by atoms with Crippen LogP contribution in [0.3, 0.4) is 0 Å². The van der Waals surface area contributed by atoms with Crippen LogP contribution in [0, 0.1) is 17.1 Å². The van der Waals surface area contributed by atoms with Gasteiger partial charge >= 0.3 is 0 Å². The van der Waals surface area contributed by atoms with Crippen molar-refractivity contribution in [2.24, 2.45) is 0 Å². The number of nitriles is 1. The minimum atomic E-state index is -0.554. The van der Waals surface area contributed by atoms with Gasteiger partial charge in [-0.05, 0) is 12.1 Å². The summed E-state index contributed by atoms with van der Waals surface area (Å²) in [6, 6.07) is 15.9. The van der Waals surface area contributed by atoms with Crippen LogP contribution in [0.4, 0.5) is 4.39 Å². The Hall–Kier alpha value is -3.06. The van der Waals surface area contributed by atoms with E-state index < -0.39 is 5.82 Å². The number of benzene rings is 2. The zero-order valence-electron chi connectivity index (χ0n) is 11.0. The van der Waals surface area contributed by atoms with Gasteiger partial charge in [-0.1, -0.05) is 36.4 Å². The second kappa shape index (κ2) is 5.51. The zero-order chi connectivity index (χ0) is 14.7. The highest BCUT2D eigenvalue weighted by molar-refractivity contribution is 5.65. The molecule has 0 radical (unpaired) electrons. The molecule has 4 heteroatoms. The molecule has 1 heterocycles. The third-order valence-corrected chi connectivity index (χ3v) is 3.09. The van der Waals surface area contributed by atoms with Gasteiger partial charge in [-0.25, -0.2) is 9.37 Å². The lowest BCUT2D eigenvalue weighted by Crippen LogP contribution is -1.92. The molecule has 3 aromatic rings. The van der Waals surface area contributed by atoms with E-state index in [4.69, 9.17) is 5.26 Å². The van der Waals surface area contributed by atoms with E-state index in [-0.39, 0.29) is 5.56 Å². The molecule has 0 aliphatic heterocycles. The molecule has 0 N–H and O–H groups in total. The van der Waals surface area contributed by atoms with E-state index in [0.29, 0.717) is 11.3 Å². The van der Waals surface area contributed by atoms with Crippen molar-refractivity contribution in [3.8, 4) is 28.6 Å². The van der Waals surface area contributed by atoms with E-state index in [1.165, 1.54) is 12.1 Å². The molecule has 0 aliphatic carbocycles. The summed E-state index contributed by atoms with van der Waals surface area (Å²) in [6.45, 7) is 0. The van der Waals surface area contributed by atoms with Gasteiger partial charge < -0.3 is 0 Å². The summed E-state index contributed by atoms with van der Waals surface area (Å²) in [4.78, 5) is 8.66. The molecule has 0 bridgehead atoms. The Morgan fingerprint density at radius 3 is 2.29 bits per heavy atom. The van der Waals surface area contributed by atoms with Gasteiger partial charge in [-0.2, -0.15) is 5.26 Å². The highest BCUT2D eigenvalue weighted by Gasteiger charge is 2.07. The number of nitrogens with zero attached hydrogens (tertiary/aromatic N) is 3. The van der Waals surface area contributed by atoms with E-state index in [1.54, 1.807) is 24.5 Å². The maximum atomic E-state index is 13.7. The lowest BCUT2D eigenvalue weighted by atomic mass is 10.1. The van der Waals surface area contributed by atoms with Crippen LogP contribution in [0.15, 0.2) is 60.9 Å². The fourth-order valence-electron chi connectivity index (χ4n) is 2.02. The summed E-state index contributed by atoms with van der Waals surface area (Å²) in [6.07, 6.45) is 3.24. The maximum absolute atomic E-state index is 13.7. The van der Waals surface area contributed by atoms with E-state index in [9.17, 15) is 4.39 Å². The van der Waals surface area contributed by atoms with Crippen molar-refractivity contribution in [2.75, 3.05) is 0 Å². The smallest absolute Gasteiger partial charge is 0.141 e. The average Bonchev–Trinajstić information content (AvgIpc) is 2.56. The molecule has 0 aliphatic rings. The summed E-state index contributed by atoms with van der Waals surface area (Å²) >= 11 is 0. The predicted molar refractivity (Wildman–Crippen MR) is 77.6 cm³/mol. The van der Waals surface area contributed by atoms with Crippen molar-refractivity contribution in [3.05, 3.63) is 72.3 Å². The van der Waals surface area contributed by atoms with Gasteiger partial charge in [0.05, 0.1) is 29.3 Å². The third-order valence-electron chi connectivity index (χ3n) is 3.09. The lowest BCUT2D eigenvalue weighted by Gasteiger charge is -2.05. The molecule has 100 valence electrons. The standard InChI is InChI=1S/C17H10FN3/c18-15-8-13(6-7-14(15)9-19)17-11-20-10-16(21-17)12-4-2-1-3-5-12/h1-8,10-11H. The maximum Gasteiger partial charge on any atom is 0.141 e. The molecule has 21 heavy (non-hydrogen) atoms. The van der Waals surface area contributed by atoms with Crippen molar-refractivity contribution >= 4 is 0 Å². The van der Waals surface area contributed by atoms with Crippen molar-refractivity contribution < 1.29 is 4.39 Å². The Balaban J connectivity index is 2.05. The highest BCUT2D eigenvalue weighted by Crippen LogP contribution is 2.22. The largest absolute Gasteiger partial charge is 0.260 e. The average molecular weight is 275 g/mol. The van der Waals surface area contributed by atoms with Crippen LogP contribution in [0.1, 0.15) is 5.56 Å². The van der Waals surface area contributed by atoms with E-state index in [1.807, 2.05) is 30.3 Å². The van der Waals surface area contributed by atoms with Crippen LogP contribution in [0.5, 0.6) is 0 Å². The summed E-state index contributed by atoms with van der Waals surface area (Å²) in [5.74, 6) is -0.554. The van der Waals surface area contributed by atoms with Gasteiger partial charge in [0.2, 0.25) is 0 Å². The van der Waals surface area contributed by atoms with Crippen molar-refractivity contribution in [3.63, 3.8) is 0 Å². The fraction of sp³-hybridized carbons (Fsp3) is 0. The van der Waals surface area contributed by atoms with Gasteiger partial charge in [-0.3, -0.25) is 4.98 Å². The quantitative estimate of drug-likeness (QED) is 0.714. The van der Waals surface area contributed by atoms with Crippen LogP contribution in [-0.4, -0.2) is 9.97 Å². The Kier molecular flexibility index (Phi) is 3.40. The van der Waals surface area contributed by atoms with Crippen LogP contribution < -0.4 is 0 Å². The van der Waals surface area contributed by atoms with E-state index >= 15 is 0 Å². The number of hydrogen-bond acceptors (Lipinski definition) is 3. The minimum absolute atomic E-state index is 0.0194. The summed E-state index contributed by atoms with van der Waals surface area (Å²) in [5.41, 5.74) is 2.85. The fourth-order valence-corrected chi connectivity index (χ4v) is 2.02. The summed E-state index contributed by atoms with van der Waals surface area (Å²) < 4.78 is 13.7. The molecule has 0 saturated carbocycles. The predicted octanol–water partition coefficient (Wildman–Crippen LogP) is 3.82. The number of aromatic nitrogens is 2. The Labute approximate surface area is 121 Å². The summed E-state index contributed by atoms with van der Waals surface area (Å²) in [5, 5.41) is 8.75. The highest BCUT2D eigenvalue weighted by atomic mass is 19.1. The molecule has 3 rings (SSSR count). The molecule has 0 saturated heterocycles. The van der Waals surface area contributed by atoms with Gasteiger partial charge in [0, 0.05) is 11.1 Å². The molecule has 3 nitrogen and oxygen atoms in total. The lowest BCUT2D eigenvalue weighted by molar-refractivity contribution is 0.624. The van der Waals surface area contributed by atoms with E-state index in [0.717, 1.165) is 11.3 Å². The molecule has 0 amide bonds. The Morgan fingerprint density at radius 2 is 1.62 bits per heavy atom. The summed E-state index contributed by atoms with van der Waals surface area (Å²) in [7, 11) is 0.